The first-order valence-electron chi connectivity index (χ1n) is 4.07. The molecule has 0 bridgehead atoms. The summed E-state index contributed by atoms with van der Waals surface area (Å²) in [5, 5.41) is 10.1. The van der Waals surface area contributed by atoms with Crippen LogP contribution in [0, 0.1) is 10.1 Å². The van der Waals surface area contributed by atoms with Crippen LogP contribution in [0.5, 0.6) is 0 Å². The van der Waals surface area contributed by atoms with Crippen LogP contribution >= 0.6 is 0 Å². The Morgan fingerprint density at radius 2 is 2.00 bits per heavy atom. The van der Waals surface area contributed by atoms with Gasteiger partial charge in [0, 0.05) is 5.92 Å². The lowest BCUT2D eigenvalue weighted by atomic mass is 10.0. The van der Waals surface area contributed by atoms with Crippen LogP contribution in [0.2, 0.25) is 0 Å². The van der Waals surface area contributed by atoms with Crippen molar-refractivity contribution in [3.05, 3.63) is 58.3 Å². The molecule has 0 aromatic heterocycles. The van der Waals surface area contributed by atoms with E-state index in [0.717, 1.165) is 11.8 Å². The minimum atomic E-state index is -0.445. The maximum absolute atomic E-state index is 10.1. The van der Waals surface area contributed by atoms with Crippen LogP contribution in [0.3, 0.4) is 0 Å². The van der Waals surface area contributed by atoms with E-state index in [9.17, 15) is 10.1 Å². The Labute approximate surface area is 76.9 Å². The first kappa shape index (κ1) is 9.45. The van der Waals surface area contributed by atoms with Crippen molar-refractivity contribution in [2.75, 3.05) is 0 Å². The van der Waals surface area contributed by atoms with Gasteiger partial charge in [-0.25, -0.2) is 0 Å². The van der Waals surface area contributed by atoms with Crippen LogP contribution in [-0.4, -0.2) is 4.92 Å². The summed E-state index contributed by atoms with van der Waals surface area (Å²) >= 11 is 0. The molecule has 1 atom stereocenters. The van der Waals surface area contributed by atoms with Gasteiger partial charge in [0.25, 0.3) is 0 Å². The van der Waals surface area contributed by atoms with Crippen molar-refractivity contribution in [2.45, 2.75) is 12.8 Å². The van der Waals surface area contributed by atoms with Crippen LogP contribution in [0.15, 0.2) is 42.6 Å². The number of nitro groups is 1. The summed E-state index contributed by atoms with van der Waals surface area (Å²) in [6.07, 6.45) is 2.56. The van der Waals surface area contributed by atoms with E-state index < -0.39 is 4.92 Å². The molecule has 1 rings (SSSR count). The molecular formula is C10H11NO2. The van der Waals surface area contributed by atoms with Crippen molar-refractivity contribution in [1.29, 1.82) is 0 Å². The molecule has 3 nitrogen and oxygen atoms in total. The smallest absolute Gasteiger partial charge is 0.231 e. The highest BCUT2D eigenvalue weighted by molar-refractivity contribution is 5.22. The molecular weight excluding hydrogens is 166 g/mol. The number of benzene rings is 1. The molecule has 0 aliphatic rings. The second kappa shape index (κ2) is 4.40. The Hall–Kier alpha value is -1.64. The predicted molar refractivity (Wildman–Crippen MR) is 51.0 cm³/mol. The summed E-state index contributed by atoms with van der Waals surface area (Å²) in [6.45, 7) is 1.93. The first-order valence-corrected chi connectivity index (χ1v) is 4.07. The zero-order valence-corrected chi connectivity index (χ0v) is 7.38. The normalized spacial score (nSPS) is 13.0. The summed E-state index contributed by atoms with van der Waals surface area (Å²) in [5.41, 5.74) is 1.08. The average molecular weight is 177 g/mol. The van der Waals surface area contributed by atoms with Gasteiger partial charge >= 0.3 is 0 Å². The second-order valence-electron chi connectivity index (χ2n) is 2.83. The zero-order chi connectivity index (χ0) is 9.68. The van der Waals surface area contributed by atoms with E-state index in [4.69, 9.17) is 0 Å². The van der Waals surface area contributed by atoms with Crippen molar-refractivity contribution in [3.8, 4) is 0 Å². The number of rotatable bonds is 3. The SMILES string of the molecule is C[C@H](/C=C/[N+](=O)[O-])c1ccccc1. The van der Waals surface area contributed by atoms with E-state index >= 15 is 0 Å². The average Bonchev–Trinajstić information content (AvgIpc) is 2.15. The quantitative estimate of drug-likeness (QED) is 0.526. The molecule has 0 amide bonds. The van der Waals surface area contributed by atoms with Gasteiger partial charge in [-0.3, -0.25) is 10.1 Å². The van der Waals surface area contributed by atoms with Crippen LogP contribution in [0.4, 0.5) is 0 Å². The molecule has 0 spiro atoms. The molecule has 0 saturated carbocycles. The fourth-order valence-corrected chi connectivity index (χ4v) is 1.07. The third-order valence-electron chi connectivity index (χ3n) is 1.82. The second-order valence-corrected chi connectivity index (χ2v) is 2.83. The molecule has 1 aromatic carbocycles. The van der Waals surface area contributed by atoms with Gasteiger partial charge < -0.3 is 0 Å². The molecule has 0 N–H and O–H groups in total. The zero-order valence-electron chi connectivity index (χ0n) is 7.38. The minimum absolute atomic E-state index is 0.0894. The number of nitrogens with zero attached hydrogens (tertiary/aromatic N) is 1. The molecule has 1 aromatic rings. The Balaban J connectivity index is 2.69. The summed E-state index contributed by atoms with van der Waals surface area (Å²) in [4.78, 5) is 9.61. The van der Waals surface area contributed by atoms with E-state index in [-0.39, 0.29) is 5.92 Å². The van der Waals surface area contributed by atoms with Gasteiger partial charge in [-0.15, -0.1) is 0 Å². The summed E-state index contributed by atoms with van der Waals surface area (Å²) in [7, 11) is 0. The van der Waals surface area contributed by atoms with E-state index in [1.165, 1.54) is 0 Å². The van der Waals surface area contributed by atoms with Gasteiger partial charge in [0.15, 0.2) is 0 Å². The molecule has 68 valence electrons. The molecule has 13 heavy (non-hydrogen) atoms. The Morgan fingerprint density at radius 3 is 2.54 bits per heavy atom. The van der Waals surface area contributed by atoms with E-state index in [1.807, 2.05) is 37.3 Å². The number of hydrogen-bond acceptors (Lipinski definition) is 2. The van der Waals surface area contributed by atoms with Crippen molar-refractivity contribution >= 4 is 0 Å². The standard InChI is InChI=1S/C10H11NO2/c1-9(7-8-11(12)13)10-5-3-2-4-6-10/h2-9H,1H3/b8-7+/t9-/m1/s1. The lowest BCUT2D eigenvalue weighted by Crippen LogP contribution is -1.90. The fraction of sp³-hybridized carbons (Fsp3) is 0.200. The van der Waals surface area contributed by atoms with Crippen LogP contribution < -0.4 is 0 Å². The number of hydrogen-bond donors (Lipinski definition) is 0. The third-order valence-corrected chi connectivity index (χ3v) is 1.82. The molecule has 0 unspecified atom stereocenters. The third kappa shape index (κ3) is 3.07. The first-order chi connectivity index (χ1) is 6.20. The monoisotopic (exact) mass is 177 g/mol. The van der Waals surface area contributed by atoms with Crippen LogP contribution in [0.1, 0.15) is 18.4 Å². The van der Waals surface area contributed by atoms with E-state index in [2.05, 4.69) is 0 Å². The highest BCUT2D eigenvalue weighted by Gasteiger charge is 2.00. The Bertz CT molecular complexity index is 306. The van der Waals surface area contributed by atoms with Gasteiger partial charge in [-0.05, 0) is 11.6 Å². The maximum atomic E-state index is 10.1. The maximum Gasteiger partial charge on any atom is 0.231 e. The highest BCUT2D eigenvalue weighted by atomic mass is 16.6. The molecule has 0 heterocycles. The van der Waals surface area contributed by atoms with Gasteiger partial charge in [-0.2, -0.15) is 0 Å². The van der Waals surface area contributed by atoms with Gasteiger partial charge in [0.05, 0.1) is 4.92 Å². The minimum Gasteiger partial charge on any atom is -0.259 e. The summed E-state index contributed by atoms with van der Waals surface area (Å²) < 4.78 is 0. The topological polar surface area (TPSA) is 43.1 Å². The van der Waals surface area contributed by atoms with E-state index in [1.54, 1.807) is 6.08 Å². The molecule has 3 heteroatoms. The summed E-state index contributed by atoms with van der Waals surface area (Å²) in [5.74, 6) is 0.0894. The van der Waals surface area contributed by atoms with Gasteiger partial charge in [0.1, 0.15) is 0 Å². The largest absolute Gasteiger partial charge is 0.259 e. The highest BCUT2D eigenvalue weighted by Crippen LogP contribution is 2.15. The fourth-order valence-electron chi connectivity index (χ4n) is 1.07. The molecule has 0 aliphatic heterocycles. The van der Waals surface area contributed by atoms with Gasteiger partial charge in [0.2, 0.25) is 6.20 Å². The van der Waals surface area contributed by atoms with Crippen molar-refractivity contribution in [2.24, 2.45) is 0 Å². The number of allylic oxidation sites excluding steroid dienone is 1. The van der Waals surface area contributed by atoms with Crippen LogP contribution in [0.25, 0.3) is 0 Å². The lowest BCUT2D eigenvalue weighted by Gasteiger charge is -2.03. The van der Waals surface area contributed by atoms with Gasteiger partial charge in [-0.1, -0.05) is 37.3 Å². The molecule has 0 fully saturated rings. The summed E-state index contributed by atoms with van der Waals surface area (Å²) in [6, 6.07) is 9.68. The Morgan fingerprint density at radius 1 is 1.38 bits per heavy atom. The van der Waals surface area contributed by atoms with E-state index in [0.29, 0.717) is 0 Å². The molecule has 0 saturated heterocycles. The van der Waals surface area contributed by atoms with Crippen molar-refractivity contribution in [1.82, 2.24) is 0 Å². The predicted octanol–water partition coefficient (Wildman–Crippen LogP) is 2.58. The Kier molecular flexibility index (Phi) is 3.20. The van der Waals surface area contributed by atoms with Crippen molar-refractivity contribution in [3.63, 3.8) is 0 Å². The van der Waals surface area contributed by atoms with Crippen LogP contribution in [-0.2, 0) is 0 Å². The van der Waals surface area contributed by atoms with Crippen molar-refractivity contribution < 1.29 is 4.92 Å². The molecule has 0 aliphatic carbocycles. The lowest BCUT2D eigenvalue weighted by molar-refractivity contribution is -0.402. The molecule has 0 radical (unpaired) electrons.